The lowest BCUT2D eigenvalue weighted by Gasteiger charge is -2.18. The van der Waals surface area contributed by atoms with E-state index >= 15 is 0 Å². The Morgan fingerprint density at radius 2 is 1.39 bits per heavy atom. The fraction of sp³-hybridized carbons (Fsp3) is 0.250. The highest BCUT2D eigenvalue weighted by atomic mass is 19.1. The Balaban J connectivity index is 2.56. The van der Waals surface area contributed by atoms with Crippen molar-refractivity contribution in [1.29, 1.82) is 0 Å². The first kappa shape index (κ1) is 24.0. The monoisotopic (exact) mass is 428 g/mol. The Kier molecular flexibility index (Phi) is 8.24. The van der Waals surface area contributed by atoms with Crippen molar-refractivity contribution in [1.82, 2.24) is 0 Å². The second kappa shape index (κ2) is 10.7. The number of benzene rings is 2. The van der Waals surface area contributed by atoms with E-state index in [1.165, 1.54) is 33.3 Å². The average Bonchev–Trinajstić information content (AvgIpc) is 2.69. The molecular weight excluding hydrogens is 403 g/mol. The summed E-state index contributed by atoms with van der Waals surface area (Å²) in [6, 6.07) is 7.54. The number of esters is 2. The molecule has 0 bridgehead atoms. The largest absolute Gasteiger partial charge is 0.423 e. The number of halogens is 1. The summed E-state index contributed by atoms with van der Waals surface area (Å²) in [4.78, 5) is 23.6. The number of ether oxygens (including phenoxy) is 4. The smallest absolute Gasteiger partial charge is 0.338 e. The molecule has 0 aliphatic rings. The van der Waals surface area contributed by atoms with Gasteiger partial charge >= 0.3 is 11.9 Å². The van der Waals surface area contributed by atoms with Gasteiger partial charge in [-0.25, -0.2) is 14.0 Å². The summed E-state index contributed by atoms with van der Waals surface area (Å²) in [5, 5.41) is 0. The molecule has 2 rings (SSSR count). The van der Waals surface area contributed by atoms with Crippen molar-refractivity contribution in [3.05, 3.63) is 71.6 Å². The van der Waals surface area contributed by atoms with E-state index in [1.807, 2.05) is 0 Å². The maximum atomic E-state index is 14.7. The lowest BCUT2D eigenvalue weighted by atomic mass is 9.94. The van der Waals surface area contributed by atoms with Gasteiger partial charge in [0.05, 0.1) is 13.2 Å². The van der Waals surface area contributed by atoms with Gasteiger partial charge in [-0.15, -0.1) is 0 Å². The maximum absolute atomic E-state index is 14.7. The van der Waals surface area contributed by atoms with Gasteiger partial charge in [0.15, 0.2) is 11.6 Å². The molecule has 0 unspecified atom stereocenters. The van der Waals surface area contributed by atoms with Gasteiger partial charge < -0.3 is 18.9 Å². The highest BCUT2D eigenvalue weighted by Crippen LogP contribution is 2.35. The van der Waals surface area contributed by atoms with Crippen LogP contribution in [0, 0.1) is 5.82 Å². The molecular formula is C24H25FO6. The average molecular weight is 428 g/mol. The zero-order valence-electron chi connectivity index (χ0n) is 18.0. The third kappa shape index (κ3) is 6.10. The summed E-state index contributed by atoms with van der Waals surface area (Å²) in [7, 11) is 3.04. The minimum Gasteiger partial charge on any atom is -0.423 e. The molecule has 0 heterocycles. The number of hydrogen-bond acceptors (Lipinski definition) is 6. The van der Waals surface area contributed by atoms with Crippen molar-refractivity contribution < 1.29 is 32.9 Å². The summed E-state index contributed by atoms with van der Waals surface area (Å²) in [6.07, 6.45) is 0. The van der Waals surface area contributed by atoms with Crippen molar-refractivity contribution in [2.75, 3.05) is 14.2 Å². The summed E-state index contributed by atoms with van der Waals surface area (Å²) < 4.78 is 35.6. The molecule has 7 heteroatoms. The van der Waals surface area contributed by atoms with E-state index in [2.05, 4.69) is 13.2 Å². The molecule has 0 aromatic heterocycles. The molecule has 0 spiro atoms. The Labute approximate surface area is 180 Å². The van der Waals surface area contributed by atoms with Gasteiger partial charge in [0.2, 0.25) is 0 Å². The fourth-order valence-corrected chi connectivity index (χ4v) is 2.82. The van der Waals surface area contributed by atoms with Crippen molar-refractivity contribution >= 4 is 11.9 Å². The van der Waals surface area contributed by atoms with E-state index in [0.29, 0.717) is 28.0 Å². The Morgan fingerprint density at radius 1 is 0.871 bits per heavy atom. The van der Waals surface area contributed by atoms with Crippen LogP contribution in [0.4, 0.5) is 4.39 Å². The molecule has 0 aliphatic heterocycles. The molecule has 0 radical (unpaired) electrons. The predicted molar refractivity (Wildman–Crippen MR) is 114 cm³/mol. The standard InChI is InChI=1S/C24H25FO6/c1-14(2)23(26)30-19-9-17(12-28-5)22(18(10-19)13-29-6)16-7-8-21(20(25)11-16)31-24(27)15(3)4/h7-11H,1,3,12-13H2,2,4-6H3. The normalized spacial score (nSPS) is 10.5. The summed E-state index contributed by atoms with van der Waals surface area (Å²) >= 11 is 0. The van der Waals surface area contributed by atoms with Crippen LogP contribution in [0.3, 0.4) is 0 Å². The predicted octanol–water partition coefficient (Wildman–Crippen LogP) is 4.75. The summed E-state index contributed by atoms with van der Waals surface area (Å²) in [6.45, 7) is 10.4. The van der Waals surface area contributed by atoms with Crippen LogP contribution in [0.5, 0.6) is 11.5 Å². The van der Waals surface area contributed by atoms with Crippen LogP contribution in [0.25, 0.3) is 11.1 Å². The van der Waals surface area contributed by atoms with Gasteiger partial charge in [-0.3, -0.25) is 0 Å². The fourth-order valence-electron chi connectivity index (χ4n) is 2.82. The minimum absolute atomic E-state index is 0.160. The van der Waals surface area contributed by atoms with Gasteiger partial charge in [-0.2, -0.15) is 0 Å². The lowest BCUT2D eigenvalue weighted by Crippen LogP contribution is -2.10. The van der Waals surface area contributed by atoms with E-state index in [1.54, 1.807) is 25.1 Å². The van der Waals surface area contributed by atoms with E-state index in [0.717, 1.165) is 0 Å². The Bertz CT molecular complexity index is 998. The number of methoxy groups -OCH3 is 2. The molecule has 0 fully saturated rings. The molecule has 2 aromatic rings. The van der Waals surface area contributed by atoms with Crippen molar-refractivity contribution in [3.8, 4) is 22.6 Å². The van der Waals surface area contributed by atoms with Crippen molar-refractivity contribution in [2.24, 2.45) is 0 Å². The van der Waals surface area contributed by atoms with Crippen LogP contribution in [0.15, 0.2) is 54.6 Å². The van der Waals surface area contributed by atoms with Crippen molar-refractivity contribution in [3.63, 3.8) is 0 Å². The minimum atomic E-state index is -0.713. The zero-order valence-corrected chi connectivity index (χ0v) is 18.0. The highest BCUT2D eigenvalue weighted by molar-refractivity contribution is 5.89. The van der Waals surface area contributed by atoms with Crippen LogP contribution >= 0.6 is 0 Å². The first-order chi connectivity index (χ1) is 14.7. The molecule has 0 saturated heterocycles. The van der Waals surface area contributed by atoms with E-state index < -0.39 is 17.8 Å². The van der Waals surface area contributed by atoms with E-state index in [-0.39, 0.29) is 30.1 Å². The zero-order chi connectivity index (χ0) is 23.1. The van der Waals surface area contributed by atoms with E-state index in [4.69, 9.17) is 18.9 Å². The molecule has 164 valence electrons. The SMILES string of the molecule is C=C(C)C(=O)Oc1cc(COC)c(-c2ccc(OC(=O)C(=C)C)c(F)c2)c(COC)c1. The molecule has 0 saturated carbocycles. The number of rotatable bonds is 9. The van der Waals surface area contributed by atoms with Gasteiger partial charge in [0, 0.05) is 25.4 Å². The van der Waals surface area contributed by atoms with Crippen molar-refractivity contribution in [2.45, 2.75) is 27.1 Å². The molecule has 2 aromatic carbocycles. The first-order valence-electron chi connectivity index (χ1n) is 9.36. The Hall–Kier alpha value is -3.29. The second-order valence-corrected chi connectivity index (χ2v) is 6.97. The molecule has 6 nitrogen and oxygen atoms in total. The molecule has 0 aliphatic carbocycles. The van der Waals surface area contributed by atoms with Crippen LogP contribution in [-0.2, 0) is 32.3 Å². The van der Waals surface area contributed by atoms with Crippen LogP contribution in [0.2, 0.25) is 0 Å². The number of carbonyl (C=O) groups excluding carboxylic acids is 2. The van der Waals surface area contributed by atoms with Gasteiger partial charge in [0.25, 0.3) is 0 Å². The van der Waals surface area contributed by atoms with Gasteiger partial charge in [-0.1, -0.05) is 19.2 Å². The molecule has 31 heavy (non-hydrogen) atoms. The van der Waals surface area contributed by atoms with E-state index in [9.17, 15) is 14.0 Å². The summed E-state index contributed by atoms with van der Waals surface area (Å²) in [5.41, 5.74) is 2.92. The highest BCUT2D eigenvalue weighted by Gasteiger charge is 2.18. The first-order valence-corrected chi connectivity index (χ1v) is 9.36. The number of carbonyl (C=O) groups is 2. The van der Waals surface area contributed by atoms with Gasteiger partial charge in [-0.05, 0) is 60.4 Å². The lowest BCUT2D eigenvalue weighted by molar-refractivity contribution is -0.131. The molecule has 0 amide bonds. The summed E-state index contributed by atoms with van der Waals surface area (Å²) in [5.74, 6) is -1.89. The van der Waals surface area contributed by atoms with Crippen LogP contribution in [-0.4, -0.2) is 26.2 Å². The third-order valence-corrected chi connectivity index (χ3v) is 4.21. The number of hydrogen-bond donors (Lipinski definition) is 0. The molecule has 0 N–H and O–H groups in total. The third-order valence-electron chi connectivity index (χ3n) is 4.21. The topological polar surface area (TPSA) is 71.1 Å². The molecule has 0 atom stereocenters. The maximum Gasteiger partial charge on any atom is 0.338 e. The second-order valence-electron chi connectivity index (χ2n) is 6.97. The van der Waals surface area contributed by atoms with Crippen LogP contribution < -0.4 is 9.47 Å². The quantitative estimate of drug-likeness (QED) is 0.326. The van der Waals surface area contributed by atoms with Gasteiger partial charge in [0.1, 0.15) is 5.75 Å². The Morgan fingerprint density at radius 3 is 1.84 bits per heavy atom. The van der Waals surface area contributed by atoms with Crippen LogP contribution in [0.1, 0.15) is 25.0 Å².